The van der Waals surface area contributed by atoms with Crippen LogP contribution in [0.1, 0.15) is 6.92 Å². The number of rotatable bonds is 9. The molecule has 0 aliphatic carbocycles. The van der Waals surface area contributed by atoms with E-state index in [4.69, 9.17) is 10.8 Å². The fourth-order valence-electron chi connectivity index (χ4n) is 1.38. The molecular weight excluding hydrogens is 388 g/mol. The van der Waals surface area contributed by atoms with E-state index in [1.165, 1.54) is 24.3 Å². The van der Waals surface area contributed by atoms with Gasteiger partial charge in [0.1, 0.15) is 0 Å². The highest BCUT2D eigenvalue weighted by atomic mass is 32.3. The lowest BCUT2D eigenvalue weighted by atomic mass is 10.3. The molecule has 24 heavy (non-hydrogen) atoms. The third kappa shape index (κ3) is 7.08. The molecule has 138 valence electrons. The first-order valence-corrected chi connectivity index (χ1v) is 10.6. The fourth-order valence-corrected chi connectivity index (χ4v) is 4.65. The van der Waals surface area contributed by atoms with E-state index in [1.54, 1.807) is 0 Å². The highest BCUT2D eigenvalue weighted by Gasteiger charge is 2.26. The number of aliphatic hydroxyl groups excluding tert-OH is 1. The average molecular weight is 404 g/mol. The van der Waals surface area contributed by atoms with Crippen molar-refractivity contribution in [2.75, 3.05) is 18.0 Å². The van der Waals surface area contributed by atoms with Crippen LogP contribution < -0.4 is 10.5 Å². The van der Waals surface area contributed by atoms with Crippen molar-refractivity contribution in [2.45, 2.75) is 18.1 Å². The van der Waals surface area contributed by atoms with Gasteiger partial charge in [0, 0.05) is 12.2 Å². The van der Waals surface area contributed by atoms with Gasteiger partial charge in [0.15, 0.2) is 6.29 Å². The Hall–Kier alpha value is -1.29. The van der Waals surface area contributed by atoms with Crippen LogP contribution in [-0.2, 0) is 38.4 Å². The summed E-state index contributed by atoms with van der Waals surface area (Å²) in [5, 5.41) is 8.74. The third-order valence-electron chi connectivity index (χ3n) is 2.28. The van der Waals surface area contributed by atoms with Gasteiger partial charge in [-0.05, 0) is 31.2 Å². The Labute approximate surface area is 139 Å². The van der Waals surface area contributed by atoms with Crippen LogP contribution in [0.3, 0.4) is 0 Å². The predicted molar refractivity (Wildman–Crippen MR) is 82.6 cm³/mol. The van der Waals surface area contributed by atoms with E-state index in [0.717, 1.165) is 6.92 Å². The Morgan fingerprint density at radius 1 is 1.12 bits per heavy atom. The SMILES string of the molecule is CC(O)OS(=O)(=O)OS(=O)(=O)CCNS(=O)(=O)c1ccc(N)cc1. The van der Waals surface area contributed by atoms with Gasteiger partial charge in [0.25, 0.3) is 10.1 Å². The molecule has 1 rings (SSSR count). The molecule has 0 heterocycles. The van der Waals surface area contributed by atoms with E-state index in [0.29, 0.717) is 5.69 Å². The molecule has 0 aliphatic heterocycles. The highest BCUT2D eigenvalue weighted by molar-refractivity contribution is 7.97. The molecule has 0 aliphatic rings. The summed E-state index contributed by atoms with van der Waals surface area (Å²) in [6, 6.07) is 5.11. The first-order chi connectivity index (χ1) is 10.8. The highest BCUT2D eigenvalue weighted by Crippen LogP contribution is 2.11. The van der Waals surface area contributed by atoms with Gasteiger partial charge in [-0.15, -0.1) is 3.63 Å². The maximum atomic E-state index is 11.9. The van der Waals surface area contributed by atoms with Crippen molar-refractivity contribution in [3.63, 3.8) is 0 Å². The molecule has 0 saturated carbocycles. The van der Waals surface area contributed by atoms with E-state index >= 15 is 0 Å². The van der Waals surface area contributed by atoms with Crippen molar-refractivity contribution in [3.05, 3.63) is 24.3 Å². The van der Waals surface area contributed by atoms with Gasteiger partial charge in [-0.1, -0.05) is 0 Å². The van der Waals surface area contributed by atoms with Crippen molar-refractivity contribution >= 4 is 36.2 Å². The summed E-state index contributed by atoms with van der Waals surface area (Å²) in [5.41, 5.74) is 5.76. The molecule has 0 bridgehead atoms. The first-order valence-electron chi connectivity index (χ1n) is 6.23. The number of aliphatic hydroxyl groups is 1. The Morgan fingerprint density at radius 2 is 1.67 bits per heavy atom. The summed E-state index contributed by atoms with van der Waals surface area (Å²) < 4.78 is 78.7. The maximum Gasteiger partial charge on any atom is 0.417 e. The molecule has 0 radical (unpaired) electrons. The van der Waals surface area contributed by atoms with Gasteiger partial charge < -0.3 is 10.8 Å². The van der Waals surface area contributed by atoms with Crippen LogP contribution in [0, 0.1) is 0 Å². The number of nitrogens with one attached hydrogen (secondary N) is 1. The summed E-state index contributed by atoms with van der Waals surface area (Å²) >= 11 is 0. The van der Waals surface area contributed by atoms with Gasteiger partial charge >= 0.3 is 10.4 Å². The molecule has 0 fully saturated rings. The van der Waals surface area contributed by atoms with Crippen molar-refractivity contribution < 1.29 is 38.2 Å². The number of anilines is 1. The monoisotopic (exact) mass is 404 g/mol. The smallest absolute Gasteiger partial charge is 0.399 e. The van der Waals surface area contributed by atoms with Crippen LogP contribution in [0.4, 0.5) is 5.69 Å². The molecule has 1 aromatic carbocycles. The Balaban J connectivity index is 2.67. The van der Waals surface area contributed by atoms with E-state index in [2.05, 4.69) is 7.81 Å². The van der Waals surface area contributed by atoms with Crippen LogP contribution in [0.15, 0.2) is 29.2 Å². The second-order valence-corrected chi connectivity index (χ2v) is 9.24. The first kappa shape index (κ1) is 20.8. The summed E-state index contributed by atoms with van der Waals surface area (Å²) in [6.45, 7) is 0.271. The van der Waals surface area contributed by atoms with Gasteiger partial charge in [-0.2, -0.15) is 16.8 Å². The van der Waals surface area contributed by atoms with E-state index in [-0.39, 0.29) is 4.90 Å². The second kappa shape index (κ2) is 7.73. The largest absolute Gasteiger partial charge is 0.417 e. The average Bonchev–Trinajstić information content (AvgIpc) is 2.35. The minimum atomic E-state index is -4.99. The summed E-state index contributed by atoms with van der Waals surface area (Å²) in [6.07, 6.45) is -1.81. The van der Waals surface area contributed by atoms with E-state index in [9.17, 15) is 25.3 Å². The van der Waals surface area contributed by atoms with E-state index in [1.807, 2.05) is 4.72 Å². The number of hydrogen-bond donors (Lipinski definition) is 3. The minimum absolute atomic E-state index is 0.153. The standard InChI is InChI=1S/C10H16N2O9S3/c1-8(13)20-24(18,19)21-22(14,15)7-6-12-23(16,17)10-4-2-9(11)3-5-10/h2-5,8,12-13H,6-7,11H2,1H3. The minimum Gasteiger partial charge on any atom is -0.399 e. The number of nitrogen functional groups attached to an aromatic ring is 1. The van der Waals surface area contributed by atoms with Gasteiger partial charge in [0.2, 0.25) is 10.0 Å². The summed E-state index contributed by atoms with van der Waals surface area (Å²) in [5.74, 6) is -0.983. The molecule has 14 heteroatoms. The van der Waals surface area contributed by atoms with Crippen LogP contribution in [0.5, 0.6) is 0 Å². The number of hydrogen-bond acceptors (Lipinski definition) is 10. The van der Waals surface area contributed by atoms with E-state index < -0.39 is 49.1 Å². The molecule has 11 nitrogen and oxygen atoms in total. The predicted octanol–water partition coefficient (Wildman–Crippen LogP) is -1.51. The van der Waals surface area contributed by atoms with Crippen molar-refractivity contribution in [1.82, 2.24) is 4.72 Å². The van der Waals surface area contributed by atoms with Crippen LogP contribution in [0.2, 0.25) is 0 Å². The lowest BCUT2D eigenvalue weighted by Crippen LogP contribution is -2.31. The molecule has 1 aromatic rings. The van der Waals surface area contributed by atoms with Crippen molar-refractivity contribution in [3.8, 4) is 0 Å². The van der Waals surface area contributed by atoms with Crippen molar-refractivity contribution in [1.29, 1.82) is 0 Å². The molecule has 4 N–H and O–H groups in total. The van der Waals surface area contributed by atoms with Crippen LogP contribution in [0.25, 0.3) is 0 Å². The summed E-state index contributed by atoms with van der Waals surface area (Å²) in [4.78, 5) is -0.153. The Morgan fingerprint density at radius 3 is 2.17 bits per heavy atom. The van der Waals surface area contributed by atoms with Gasteiger partial charge in [0.05, 0.1) is 10.6 Å². The van der Waals surface area contributed by atoms with Gasteiger partial charge in [-0.3, -0.25) is 0 Å². The normalized spacial score (nSPS) is 14.4. The Bertz CT molecular complexity index is 859. The number of benzene rings is 1. The van der Waals surface area contributed by atoms with Crippen LogP contribution in [-0.4, -0.2) is 48.9 Å². The number of nitrogens with two attached hydrogens (primary N) is 1. The van der Waals surface area contributed by atoms with Crippen molar-refractivity contribution in [2.24, 2.45) is 0 Å². The molecule has 0 amide bonds. The molecule has 0 aromatic heterocycles. The van der Waals surface area contributed by atoms with Gasteiger partial charge in [-0.25, -0.2) is 17.3 Å². The lowest BCUT2D eigenvalue weighted by Gasteiger charge is -2.09. The topological polar surface area (TPSA) is 179 Å². The zero-order valence-corrected chi connectivity index (χ0v) is 14.8. The lowest BCUT2D eigenvalue weighted by molar-refractivity contribution is -0.00157. The van der Waals surface area contributed by atoms with Crippen LogP contribution >= 0.6 is 0 Å². The molecule has 0 saturated heterocycles. The fraction of sp³-hybridized carbons (Fsp3) is 0.400. The zero-order chi connectivity index (χ0) is 18.6. The zero-order valence-electron chi connectivity index (χ0n) is 12.3. The molecule has 0 spiro atoms. The summed E-state index contributed by atoms with van der Waals surface area (Å²) in [7, 11) is -13.7. The third-order valence-corrected chi connectivity index (χ3v) is 6.47. The molecular formula is C10H16N2O9S3. The second-order valence-electron chi connectivity index (χ2n) is 4.40. The Kier molecular flexibility index (Phi) is 6.68. The maximum absolute atomic E-state index is 11.9. The number of sulfonamides is 1. The molecule has 1 unspecified atom stereocenters. The quantitative estimate of drug-likeness (QED) is 0.323. The molecule has 1 atom stereocenters.